The Labute approximate surface area is 218 Å². The minimum atomic E-state index is -4.41. The van der Waals surface area contributed by atoms with Gasteiger partial charge >= 0.3 is 6.03 Å². The number of nitrogens with two attached hydrogens (primary N) is 1. The van der Waals surface area contributed by atoms with Gasteiger partial charge in [-0.1, -0.05) is 20.8 Å². The number of nitrogens with one attached hydrogen (secondary N) is 3. The summed E-state index contributed by atoms with van der Waals surface area (Å²) < 4.78 is 49.6. The van der Waals surface area contributed by atoms with Crippen molar-refractivity contribution < 1.29 is 36.3 Å². The zero-order valence-corrected chi connectivity index (χ0v) is 22.9. The molecule has 16 heteroatoms. The van der Waals surface area contributed by atoms with E-state index in [9.17, 15) is 36.3 Å². The van der Waals surface area contributed by atoms with Crippen LogP contribution in [-0.4, -0.2) is 52.6 Å². The maximum Gasteiger partial charge on any atom is 0.328 e. The fourth-order valence-corrected chi connectivity index (χ4v) is 6.26. The molecule has 1 aliphatic heterocycles. The zero-order valence-electron chi connectivity index (χ0n) is 20.4. The minimum Gasteiger partial charge on any atom is -0.507 e. The summed E-state index contributed by atoms with van der Waals surface area (Å²) in [5.74, 6) is -1.87. The van der Waals surface area contributed by atoms with E-state index in [-0.39, 0.29) is 40.3 Å². The Morgan fingerprint density at radius 1 is 1.22 bits per heavy atom. The van der Waals surface area contributed by atoms with E-state index in [2.05, 4.69) is 15.4 Å². The maximum atomic E-state index is 13.3. The quantitative estimate of drug-likeness (QED) is 0.324. The number of hydrogen-bond acceptors (Lipinski definition) is 9. The maximum absolute atomic E-state index is 13.3. The molecule has 37 heavy (non-hydrogen) atoms. The highest BCUT2D eigenvalue weighted by molar-refractivity contribution is 7.89. The summed E-state index contributed by atoms with van der Waals surface area (Å²) in [5.41, 5.74) is -0.720. The third-order valence-electron chi connectivity index (χ3n) is 5.33. The molecule has 0 bridgehead atoms. The number of amides is 4. The van der Waals surface area contributed by atoms with Crippen LogP contribution in [0.2, 0.25) is 0 Å². The molecule has 13 nitrogen and oxygen atoms in total. The van der Waals surface area contributed by atoms with E-state index in [0.717, 1.165) is 28.6 Å². The third-order valence-corrected chi connectivity index (χ3v) is 8.10. The van der Waals surface area contributed by atoms with Crippen molar-refractivity contribution in [2.24, 2.45) is 5.14 Å². The first-order valence-corrected chi connectivity index (χ1v) is 15.1. The summed E-state index contributed by atoms with van der Waals surface area (Å²) in [6.07, 6.45) is 0.935. The number of anilines is 2. The molecule has 4 amide bonds. The van der Waals surface area contributed by atoms with E-state index in [1.165, 1.54) is 11.4 Å². The highest BCUT2D eigenvalue weighted by Crippen LogP contribution is 2.39. The molecule has 0 saturated carbocycles. The number of nitrogens with zero attached hydrogens (tertiary/aromatic N) is 1. The van der Waals surface area contributed by atoms with Gasteiger partial charge in [0.25, 0.3) is 5.91 Å². The van der Waals surface area contributed by atoms with Gasteiger partial charge in [-0.3, -0.25) is 9.59 Å². The van der Waals surface area contributed by atoms with E-state index in [1.54, 1.807) is 20.8 Å². The number of rotatable bonds is 7. The molecular formula is C21H27N5O8S3. The molecule has 2 heterocycles. The minimum absolute atomic E-state index is 0.0113. The molecular weight excluding hydrogens is 546 g/mol. The topological polar surface area (TPSA) is 205 Å². The Bertz CT molecular complexity index is 1470. The summed E-state index contributed by atoms with van der Waals surface area (Å²) >= 11 is 0.789. The first-order valence-electron chi connectivity index (χ1n) is 10.8. The zero-order chi connectivity index (χ0) is 27.9. The Morgan fingerprint density at radius 2 is 1.86 bits per heavy atom. The molecule has 3 rings (SSSR count). The van der Waals surface area contributed by atoms with E-state index >= 15 is 0 Å². The van der Waals surface area contributed by atoms with E-state index in [4.69, 9.17) is 5.14 Å². The van der Waals surface area contributed by atoms with Gasteiger partial charge in [0.15, 0.2) is 0 Å². The van der Waals surface area contributed by atoms with E-state index in [0.29, 0.717) is 0 Å². The molecule has 1 saturated heterocycles. The molecule has 0 spiro atoms. The molecule has 2 aromatic rings. The molecule has 0 aliphatic carbocycles. The number of carbonyl (C=O) groups is 3. The number of phenols is 1. The number of hydrogen-bond donors (Lipinski definition) is 5. The van der Waals surface area contributed by atoms with Crippen LogP contribution in [0.4, 0.5) is 15.5 Å². The Hall–Kier alpha value is -3.05. The van der Waals surface area contributed by atoms with Crippen LogP contribution in [-0.2, 0) is 36.8 Å². The largest absolute Gasteiger partial charge is 0.507 e. The first kappa shape index (κ1) is 28.5. The van der Waals surface area contributed by atoms with Crippen molar-refractivity contribution in [1.29, 1.82) is 0 Å². The van der Waals surface area contributed by atoms with Crippen LogP contribution in [0.15, 0.2) is 22.4 Å². The van der Waals surface area contributed by atoms with Gasteiger partial charge in [-0.05, 0) is 28.5 Å². The van der Waals surface area contributed by atoms with Crippen molar-refractivity contribution in [2.75, 3.05) is 23.0 Å². The molecule has 202 valence electrons. The van der Waals surface area contributed by atoms with E-state index < -0.39 is 60.5 Å². The highest BCUT2D eigenvalue weighted by Gasteiger charge is 2.32. The van der Waals surface area contributed by atoms with Gasteiger partial charge in [0, 0.05) is 25.1 Å². The number of thiophene rings is 1. The molecule has 1 aliphatic rings. The van der Waals surface area contributed by atoms with Crippen molar-refractivity contribution in [3.05, 3.63) is 34.2 Å². The van der Waals surface area contributed by atoms with Crippen molar-refractivity contribution >= 4 is 59.9 Å². The predicted octanol–water partition coefficient (Wildman–Crippen LogP) is 1.15. The predicted molar refractivity (Wildman–Crippen MR) is 138 cm³/mol. The van der Waals surface area contributed by atoms with Gasteiger partial charge in [-0.2, -0.15) is 0 Å². The smallest absolute Gasteiger partial charge is 0.328 e. The van der Waals surface area contributed by atoms with Gasteiger partial charge in [0.05, 0.1) is 17.5 Å². The number of primary sulfonamides is 1. The molecule has 0 unspecified atom stereocenters. The standard InChI is InChI=1S/C21H27N5O8S3/c1-21(2,3)14-8-12(26-15(27)5-6-23-20(26)30)7-13(16(14)28)18(29)25-19-17(37(22,33)34)11(10-35-19)9-24-36(4,31)32/h7-8,10,24,28H,5-6,9H2,1-4H3,(H,23,30)(H,25,29)(H2,22,33,34). The van der Waals surface area contributed by atoms with Crippen LogP contribution in [0.1, 0.15) is 48.7 Å². The number of carbonyl (C=O) groups excluding carboxylic acids is 3. The molecule has 0 atom stereocenters. The third kappa shape index (κ3) is 6.45. The number of benzene rings is 1. The van der Waals surface area contributed by atoms with Gasteiger partial charge in [0.1, 0.15) is 15.6 Å². The first-order chi connectivity index (χ1) is 16.9. The average molecular weight is 574 g/mol. The van der Waals surface area contributed by atoms with Crippen LogP contribution in [0.25, 0.3) is 0 Å². The van der Waals surface area contributed by atoms with Gasteiger partial charge in [0.2, 0.25) is 26.0 Å². The van der Waals surface area contributed by atoms with Gasteiger partial charge in [-0.25, -0.2) is 36.4 Å². The Morgan fingerprint density at radius 3 is 2.41 bits per heavy atom. The van der Waals surface area contributed by atoms with Crippen LogP contribution in [0, 0.1) is 0 Å². The second-order valence-electron chi connectivity index (χ2n) is 9.36. The summed E-state index contributed by atoms with van der Waals surface area (Å²) in [6.45, 7) is 5.04. The molecule has 6 N–H and O–H groups in total. The van der Waals surface area contributed by atoms with Gasteiger partial charge in [-0.15, -0.1) is 11.3 Å². The average Bonchev–Trinajstić information content (AvgIpc) is 3.14. The van der Waals surface area contributed by atoms with Crippen molar-refractivity contribution in [3.63, 3.8) is 0 Å². The van der Waals surface area contributed by atoms with Crippen molar-refractivity contribution in [1.82, 2.24) is 10.0 Å². The lowest BCUT2D eigenvalue weighted by molar-refractivity contribution is -0.118. The molecule has 1 aromatic carbocycles. The number of aromatic hydroxyl groups is 1. The molecule has 1 aromatic heterocycles. The van der Waals surface area contributed by atoms with Crippen LogP contribution in [0.3, 0.4) is 0 Å². The highest BCUT2D eigenvalue weighted by atomic mass is 32.2. The summed E-state index contributed by atoms with van der Waals surface area (Å²) in [6, 6.07) is 1.90. The van der Waals surface area contributed by atoms with Crippen LogP contribution < -0.4 is 25.4 Å². The summed E-state index contributed by atoms with van der Waals surface area (Å²) in [5, 5.41) is 22.4. The fraction of sp³-hybridized carbons (Fsp3) is 0.381. The second kappa shape index (κ2) is 10.0. The number of urea groups is 1. The monoisotopic (exact) mass is 573 g/mol. The summed E-state index contributed by atoms with van der Waals surface area (Å²) in [7, 11) is -8.06. The lowest BCUT2D eigenvalue weighted by atomic mass is 9.84. The number of phenolic OH excluding ortho intramolecular Hbond substituents is 1. The van der Waals surface area contributed by atoms with Crippen molar-refractivity contribution in [2.45, 2.75) is 44.0 Å². The number of sulfonamides is 2. The second-order valence-corrected chi connectivity index (χ2v) is 13.6. The fourth-order valence-electron chi connectivity index (χ4n) is 3.62. The molecule has 0 radical (unpaired) electrons. The SMILES string of the molecule is CC(C)(C)c1cc(N2C(=O)CCNC2=O)cc(C(=O)Nc2scc(CNS(C)(=O)=O)c2S(N)(=O)=O)c1O. The van der Waals surface area contributed by atoms with Crippen molar-refractivity contribution in [3.8, 4) is 5.75 Å². The van der Waals surface area contributed by atoms with Crippen LogP contribution >= 0.6 is 11.3 Å². The summed E-state index contributed by atoms with van der Waals surface area (Å²) in [4.78, 5) is 38.6. The van der Waals surface area contributed by atoms with Crippen LogP contribution in [0.5, 0.6) is 5.75 Å². The number of imide groups is 1. The Kier molecular flexibility index (Phi) is 7.72. The lowest BCUT2D eigenvalue weighted by Gasteiger charge is -2.29. The lowest BCUT2D eigenvalue weighted by Crippen LogP contribution is -2.50. The Balaban J connectivity index is 2.09. The molecule has 1 fully saturated rings. The van der Waals surface area contributed by atoms with Gasteiger partial charge < -0.3 is 15.7 Å². The van der Waals surface area contributed by atoms with E-state index in [1.807, 2.05) is 0 Å². The normalized spacial score (nSPS) is 15.0.